The first kappa shape index (κ1) is 10.1. The van der Waals surface area contributed by atoms with Crippen LogP contribution >= 0.6 is 0 Å². The summed E-state index contributed by atoms with van der Waals surface area (Å²) < 4.78 is 10.9. The Balaban J connectivity index is 1.93. The number of hydrogen-bond acceptors (Lipinski definition) is 4. The van der Waals surface area contributed by atoms with Crippen molar-refractivity contribution in [1.82, 2.24) is 4.98 Å². The van der Waals surface area contributed by atoms with Gasteiger partial charge in [0.05, 0.1) is 6.20 Å². The fourth-order valence-corrected chi connectivity index (χ4v) is 1.54. The van der Waals surface area contributed by atoms with Gasteiger partial charge in [-0.2, -0.15) is 0 Å². The summed E-state index contributed by atoms with van der Waals surface area (Å²) in [5, 5.41) is 0. The summed E-state index contributed by atoms with van der Waals surface area (Å²) in [5.41, 5.74) is 0. The lowest BCUT2D eigenvalue weighted by molar-refractivity contribution is -0.154. The van der Waals surface area contributed by atoms with Crippen LogP contribution in [0.15, 0.2) is 24.5 Å². The SMILES string of the molecule is CCOC1C(=O)CC1Oc1cccnc1. The maximum Gasteiger partial charge on any atom is 0.169 e. The van der Waals surface area contributed by atoms with E-state index in [9.17, 15) is 4.79 Å². The summed E-state index contributed by atoms with van der Waals surface area (Å²) in [5.74, 6) is 0.797. The van der Waals surface area contributed by atoms with E-state index in [4.69, 9.17) is 9.47 Å². The first-order chi connectivity index (χ1) is 7.31. The summed E-state index contributed by atoms with van der Waals surface area (Å²) in [6.45, 7) is 2.40. The van der Waals surface area contributed by atoms with Crippen molar-refractivity contribution in [3.63, 3.8) is 0 Å². The minimum atomic E-state index is -0.393. The molecule has 1 aromatic heterocycles. The van der Waals surface area contributed by atoms with Crippen LogP contribution in [0.5, 0.6) is 5.75 Å². The van der Waals surface area contributed by atoms with E-state index in [1.54, 1.807) is 18.5 Å². The molecule has 0 radical (unpaired) electrons. The molecule has 15 heavy (non-hydrogen) atoms. The van der Waals surface area contributed by atoms with Crippen molar-refractivity contribution >= 4 is 5.78 Å². The first-order valence-corrected chi connectivity index (χ1v) is 5.02. The van der Waals surface area contributed by atoms with E-state index in [-0.39, 0.29) is 11.9 Å². The van der Waals surface area contributed by atoms with Crippen LogP contribution in [-0.2, 0) is 9.53 Å². The van der Waals surface area contributed by atoms with Crippen molar-refractivity contribution in [3.8, 4) is 5.75 Å². The molecular weight excluding hydrogens is 194 g/mol. The molecule has 0 N–H and O–H groups in total. The molecule has 1 aliphatic carbocycles. The molecule has 0 spiro atoms. The van der Waals surface area contributed by atoms with Crippen molar-refractivity contribution < 1.29 is 14.3 Å². The van der Waals surface area contributed by atoms with E-state index < -0.39 is 6.10 Å². The zero-order valence-electron chi connectivity index (χ0n) is 8.55. The number of hydrogen-bond donors (Lipinski definition) is 0. The second-order valence-corrected chi connectivity index (χ2v) is 3.39. The highest BCUT2D eigenvalue weighted by Crippen LogP contribution is 2.24. The summed E-state index contributed by atoms with van der Waals surface area (Å²) >= 11 is 0. The van der Waals surface area contributed by atoms with Crippen molar-refractivity contribution in [2.45, 2.75) is 25.6 Å². The number of ketones is 1. The quantitative estimate of drug-likeness (QED) is 0.744. The third-order valence-corrected chi connectivity index (χ3v) is 2.33. The van der Waals surface area contributed by atoms with Gasteiger partial charge in [0.15, 0.2) is 11.9 Å². The monoisotopic (exact) mass is 207 g/mol. The highest BCUT2D eigenvalue weighted by molar-refractivity contribution is 5.90. The number of pyridine rings is 1. The molecule has 2 unspecified atom stereocenters. The summed E-state index contributed by atoms with van der Waals surface area (Å²) in [4.78, 5) is 15.1. The van der Waals surface area contributed by atoms with E-state index in [1.807, 2.05) is 13.0 Å². The molecule has 0 bridgehead atoms. The lowest BCUT2D eigenvalue weighted by Crippen LogP contribution is -2.52. The van der Waals surface area contributed by atoms with Crippen molar-refractivity contribution in [2.24, 2.45) is 0 Å². The number of rotatable bonds is 4. The maximum atomic E-state index is 11.2. The highest BCUT2D eigenvalue weighted by atomic mass is 16.5. The topological polar surface area (TPSA) is 48.4 Å². The van der Waals surface area contributed by atoms with Gasteiger partial charge in [-0.05, 0) is 19.1 Å². The lowest BCUT2D eigenvalue weighted by atomic mass is 9.90. The molecule has 4 nitrogen and oxygen atoms in total. The minimum absolute atomic E-state index is 0.116. The average Bonchev–Trinajstić information content (AvgIpc) is 2.27. The van der Waals surface area contributed by atoms with Crippen LogP contribution in [0.3, 0.4) is 0 Å². The van der Waals surface area contributed by atoms with Gasteiger partial charge in [-0.1, -0.05) is 0 Å². The highest BCUT2D eigenvalue weighted by Gasteiger charge is 2.42. The zero-order chi connectivity index (χ0) is 10.7. The Kier molecular flexibility index (Phi) is 2.97. The largest absolute Gasteiger partial charge is 0.485 e. The number of carbonyl (C=O) groups is 1. The third-order valence-electron chi connectivity index (χ3n) is 2.33. The Hall–Kier alpha value is -1.42. The molecule has 1 saturated carbocycles. The molecular formula is C11H13NO3. The molecule has 1 heterocycles. The van der Waals surface area contributed by atoms with Crippen LogP contribution in [0.2, 0.25) is 0 Å². The van der Waals surface area contributed by atoms with E-state index >= 15 is 0 Å². The van der Waals surface area contributed by atoms with Crippen LogP contribution < -0.4 is 4.74 Å². The van der Waals surface area contributed by atoms with Gasteiger partial charge in [0.2, 0.25) is 0 Å². The van der Waals surface area contributed by atoms with Gasteiger partial charge in [0.1, 0.15) is 11.9 Å². The molecule has 0 saturated heterocycles. The van der Waals surface area contributed by atoms with Crippen LogP contribution in [0.25, 0.3) is 0 Å². The van der Waals surface area contributed by atoms with Gasteiger partial charge >= 0.3 is 0 Å². The number of nitrogens with zero attached hydrogens (tertiary/aromatic N) is 1. The second kappa shape index (κ2) is 4.40. The van der Waals surface area contributed by atoms with Crippen molar-refractivity contribution in [3.05, 3.63) is 24.5 Å². The number of aromatic nitrogens is 1. The lowest BCUT2D eigenvalue weighted by Gasteiger charge is -2.34. The van der Waals surface area contributed by atoms with Crippen LogP contribution in [0, 0.1) is 0 Å². The number of carbonyl (C=O) groups excluding carboxylic acids is 1. The molecule has 2 rings (SSSR count). The number of ether oxygens (including phenoxy) is 2. The minimum Gasteiger partial charge on any atom is -0.485 e. The summed E-state index contributed by atoms with van der Waals surface area (Å²) in [6, 6.07) is 3.62. The molecule has 2 atom stereocenters. The predicted octanol–water partition coefficient (Wildman–Crippen LogP) is 1.21. The third kappa shape index (κ3) is 2.15. The second-order valence-electron chi connectivity index (χ2n) is 3.39. The van der Waals surface area contributed by atoms with Gasteiger partial charge in [0, 0.05) is 19.2 Å². The van der Waals surface area contributed by atoms with E-state index in [2.05, 4.69) is 4.98 Å². The van der Waals surface area contributed by atoms with E-state index in [0.717, 1.165) is 0 Å². The Morgan fingerprint density at radius 1 is 1.60 bits per heavy atom. The van der Waals surface area contributed by atoms with Gasteiger partial charge in [-0.25, -0.2) is 0 Å². The van der Waals surface area contributed by atoms with Crippen molar-refractivity contribution in [1.29, 1.82) is 0 Å². The summed E-state index contributed by atoms with van der Waals surface area (Å²) in [7, 11) is 0. The normalized spacial score (nSPS) is 24.7. The zero-order valence-corrected chi connectivity index (χ0v) is 8.55. The Labute approximate surface area is 88.2 Å². The van der Waals surface area contributed by atoms with Crippen LogP contribution in [0.4, 0.5) is 0 Å². The maximum absolute atomic E-state index is 11.2. The van der Waals surface area contributed by atoms with Gasteiger partial charge in [-0.3, -0.25) is 9.78 Å². The molecule has 4 heteroatoms. The van der Waals surface area contributed by atoms with Crippen LogP contribution in [0.1, 0.15) is 13.3 Å². The van der Waals surface area contributed by atoms with E-state index in [0.29, 0.717) is 18.8 Å². The Morgan fingerprint density at radius 3 is 3.07 bits per heavy atom. The van der Waals surface area contributed by atoms with Gasteiger partial charge in [0.25, 0.3) is 0 Å². The fraction of sp³-hybridized carbons (Fsp3) is 0.455. The molecule has 1 fully saturated rings. The molecule has 1 aromatic rings. The van der Waals surface area contributed by atoms with Gasteiger partial charge in [-0.15, -0.1) is 0 Å². The summed E-state index contributed by atoms with van der Waals surface area (Å²) in [6.07, 6.45) is 3.20. The smallest absolute Gasteiger partial charge is 0.169 e. The molecule has 0 aliphatic heterocycles. The molecule has 0 aromatic carbocycles. The van der Waals surface area contributed by atoms with Crippen LogP contribution in [-0.4, -0.2) is 29.6 Å². The number of Topliss-reactive ketones (excluding diaryl/α,β-unsaturated/α-hetero) is 1. The Morgan fingerprint density at radius 2 is 2.47 bits per heavy atom. The average molecular weight is 207 g/mol. The standard InChI is InChI=1S/C11H13NO3/c1-2-14-11-9(13)6-10(11)15-8-4-3-5-12-7-8/h3-5,7,10-11H,2,6H2,1H3. The van der Waals surface area contributed by atoms with Crippen molar-refractivity contribution in [2.75, 3.05) is 6.61 Å². The fourth-order valence-electron chi connectivity index (χ4n) is 1.54. The molecule has 1 aliphatic rings. The molecule has 80 valence electrons. The van der Waals surface area contributed by atoms with Gasteiger partial charge < -0.3 is 9.47 Å². The van der Waals surface area contributed by atoms with E-state index in [1.165, 1.54) is 0 Å². The predicted molar refractivity (Wildman–Crippen MR) is 53.7 cm³/mol. The Bertz CT molecular complexity index is 339. The molecule has 0 amide bonds. The first-order valence-electron chi connectivity index (χ1n) is 5.02.